The van der Waals surface area contributed by atoms with Gasteiger partial charge < -0.3 is 25.2 Å². The van der Waals surface area contributed by atoms with E-state index in [0.717, 1.165) is 30.4 Å². The van der Waals surface area contributed by atoms with Crippen molar-refractivity contribution in [2.24, 2.45) is 4.99 Å². The summed E-state index contributed by atoms with van der Waals surface area (Å²) in [5.41, 5.74) is 1.02. The van der Waals surface area contributed by atoms with Gasteiger partial charge in [0.1, 0.15) is 6.61 Å². The highest BCUT2D eigenvalue weighted by Crippen LogP contribution is 2.28. The molecule has 0 aliphatic heterocycles. The van der Waals surface area contributed by atoms with Crippen LogP contribution in [0.4, 0.5) is 0 Å². The van der Waals surface area contributed by atoms with Crippen LogP contribution in [0, 0.1) is 0 Å². The minimum atomic E-state index is -0.0323. The van der Waals surface area contributed by atoms with Crippen molar-refractivity contribution in [3.63, 3.8) is 0 Å². The topological polar surface area (TPSA) is 75.1 Å². The number of methoxy groups -OCH3 is 1. The number of aliphatic hydroxyl groups excluding tert-OH is 1. The van der Waals surface area contributed by atoms with Crippen molar-refractivity contribution < 1.29 is 14.6 Å². The van der Waals surface area contributed by atoms with Gasteiger partial charge in [0.25, 0.3) is 0 Å². The molecule has 0 spiro atoms. The van der Waals surface area contributed by atoms with Crippen molar-refractivity contribution in [2.45, 2.75) is 18.4 Å². The minimum Gasteiger partial charge on any atom is -0.493 e. The maximum absolute atomic E-state index is 8.90. The molecule has 0 aliphatic carbocycles. The smallest absolute Gasteiger partial charge is 0.191 e. The van der Waals surface area contributed by atoms with Gasteiger partial charge in [0.05, 0.1) is 20.3 Å². The van der Waals surface area contributed by atoms with Crippen LogP contribution in [0.5, 0.6) is 11.5 Å². The van der Waals surface area contributed by atoms with E-state index in [4.69, 9.17) is 14.6 Å². The van der Waals surface area contributed by atoms with Gasteiger partial charge in [-0.05, 0) is 36.8 Å². The van der Waals surface area contributed by atoms with Crippen molar-refractivity contribution in [3.05, 3.63) is 54.1 Å². The lowest BCUT2D eigenvalue weighted by atomic mass is 10.2. The molecule has 28 heavy (non-hydrogen) atoms. The van der Waals surface area contributed by atoms with E-state index < -0.39 is 0 Å². The normalized spacial score (nSPS) is 11.2. The maximum Gasteiger partial charge on any atom is 0.191 e. The van der Waals surface area contributed by atoms with Crippen LogP contribution in [0.3, 0.4) is 0 Å². The fraction of sp³-hybridized carbons (Fsp3) is 0.381. The Morgan fingerprint density at radius 2 is 1.93 bits per heavy atom. The van der Waals surface area contributed by atoms with Crippen LogP contribution in [0.25, 0.3) is 0 Å². The summed E-state index contributed by atoms with van der Waals surface area (Å²) in [7, 11) is 1.60. The van der Waals surface area contributed by atoms with Crippen LogP contribution < -0.4 is 20.1 Å². The van der Waals surface area contributed by atoms with E-state index in [-0.39, 0.29) is 13.2 Å². The van der Waals surface area contributed by atoms with Crippen LogP contribution in [0.1, 0.15) is 12.5 Å². The summed E-state index contributed by atoms with van der Waals surface area (Å²) in [5.74, 6) is 3.00. The number of hydrogen-bond acceptors (Lipinski definition) is 5. The molecule has 0 radical (unpaired) electrons. The largest absolute Gasteiger partial charge is 0.493 e. The van der Waals surface area contributed by atoms with E-state index in [1.165, 1.54) is 4.90 Å². The summed E-state index contributed by atoms with van der Waals surface area (Å²) in [5, 5.41) is 15.5. The zero-order valence-electron chi connectivity index (χ0n) is 16.5. The third-order valence-electron chi connectivity index (χ3n) is 3.75. The van der Waals surface area contributed by atoms with Gasteiger partial charge in [-0.2, -0.15) is 0 Å². The van der Waals surface area contributed by atoms with Gasteiger partial charge >= 0.3 is 0 Å². The third-order valence-corrected chi connectivity index (χ3v) is 4.76. The molecule has 152 valence electrons. The molecule has 0 amide bonds. The molecular weight excluding hydrogens is 374 g/mol. The lowest BCUT2D eigenvalue weighted by Crippen LogP contribution is -2.38. The summed E-state index contributed by atoms with van der Waals surface area (Å²) < 4.78 is 10.8. The van der Waals surface area contributed by atoms with Gasteiger partial charge in [0.2, 0.25) is 0 Å². The molecule has 7 heteroatoms. The average Bonchev–Trinajstić information content (AvgIpc) is 2.74. The van der Waals surface area contributed by atoms with Crippen molar-refractivity contribution in [3.8, 4) is 11.5 Å². The Balaban J connectivity index is 1.88. The SMILES string of the molecule is CCNC(=NCc1ccc(OCCO)c(OC)c1)NCCSc1ccccc1. The number of benzene rings is 2. The van der Waals surface area contributed by atoms with Gasteiger partial charge in [0, 0.05) is 23.7 Å². The van der Waals surface area contributed by atoms with E-state index in [1.54, 1.807) is 7.11 Å². The summed E-state index contributed by atoms with van der Waals surface area (Å²) in [6.07, 6.45) is 0. The first-order valence-electron chi connectivity index (χ1n) is 9.37. The molecule has 0 heterocycles. The molecule has 2 aromatic rings. The Bertz CT molecular complexity index is 726. The molecule has 0 fully saturated rings. The number of nitrogens with one attached hydrogen (secondary N) is 2. The van der Waals surface area contributed by atoms with Crippen molar-refractivity contribution in [1.29, 1.82) is 0 Å². The fourth-order valence-electron chi connectivity index (χ4n) is 2.45. The molecule has 0 atom stereocenters. The Kier molecular flexibility index (Phi) is 10.1. The Morgan fingerprint density at radius 3 is 2.64 bits per heavy atom. The van der Waals surface area contributed by atoms with E-state index in [0.29, 0.717) is 18.0 Å². The van der Waals surface area contributed by atoms with Gasteiger partial charge in [-0.1, -0.05) is 24.3 Å². The lowest BCUT2D eigenvalue weighted by molar-refractivity contribution is 0.196. The number of ether oxygens (including phenoxy) is 2. The number of nitrogens with zero attached hydrogens (tertiary/aromatic N) is 1. The van der Waals surface area contributed by atoms with Gasteiger partial charge in [-0.25, -0.2) is 4.99 Å². The van der Waals surface area contributed by atoms with E-state index >= 15 is 0 Å². The van der Waals surface area contributed by atoms with Crippen LogP contribution in [0.15, 0.2) is 58.4 Å². The average molecular weight is 404 g/mol. The van der Waals surface area contributed by atoms with Crippen LogP contribution in [-0.4, -0.2) is 50.2 Å². The molecule has 0 aromatic heterocycles. The highest BCUT2D eigenvalue weighted by molar-refractivity contribution is 7.99. The summed E-state index contributed by atoms with van der Waals surface area (Å²) in [6, 6.07) is 16.1. The summed E-state index contributed by atoms with van der Waals surface area (Å²) >= 11 is 1.81. The third kappa shape index (κ3) is 7.70. The number of thioether (sulfide) groups is 1. The molecule has 0 aliphatic rings. The molecular formula is C21H29N3O3S. The number of aliphatic hydroxyl groups is 1. The fourth-order valence-corrected chi connectivity index (χ4v) is 3.24. The first-order chi connectivity index (χ1) is 13.8. The van der Waals surface area contributed by atoms with E-state index in [1.807, 2.05) is 43.0 Å². The molecule has 0 unspecified atom stereocenters. The lowest BCUT2D eigenvalue weighted by Gasteiger charge is -2.13. The number of hydrogen-bond donors (Lipinski definition) is 3. The quantitative estimate of drug-likeness (QED) is 0.232. The molecule has 2 rings (SSSR count). The predicted molar refractivity (Wildman–Crippen MR) is 116 cm³/mol. The first-order valence-corrected chi connectivity index (χ1v) is 10.4. The first kappa shape index (κ1) is 21.9. The zero-order chi connectivity index (χ0) is 20.0. The summed E-state index contributed by atoms with van der Waals surface area (Å²) in [4.78, 5) is 5.91. The van der Waals surface area contributed by atoms with Crippen LogP contribution in [-0.2, 0) is 6.54 Å². The second-order valence-corrected chi connectivity index (χ2v) is 7.01. The predicted octanol–water partition coefficient (Wildman–Crippen LogP) is 2.91. The number of guanidine groups is 1. The van der Waals surface area contributed by atoms with Crippen molar-refractivity contribution >= 4 is 17.7 Å². The second-order valence-electron chi connectivity index (χ2n) is 5.84. The number of aliphatic imine (C=N–C) groups is 1. The molecule has 0 saturated heterocycles. The second kappa shape index (κ2) is 12.9. The minimum absolute atomic E-state index is 0.0323. The molecule has 0 bridgehead atoms. The van der Waals surface area contributed by atoms with E-state index in [9.17, 15) is 0 Å². The zero-order valence-corrected chi connectivity index (χ0v) is 17.3. The molecule has 6 nitrogen and oxygen atoms in total. The highest BCUT2D eigenvalue weighted by atomic mass is 32.2. The molecule has 0 saturated carbocycles. The maximum atomic E-state index is 8.90. The van der Waals surface area contributed by atoms with Crippen molar-refractivity contribution in [1.82, 2.24) is 10.6 Å². The standard InChI is InChI=1S/C21H29N3O3S/c1-3-22-21(23-11-14-28-18-7-5-4-6-8-18)24-16-17-9-10-19(27-13-12-25)20(15-17)26-2/h4-10,15,25H,3,11-14,16H2,1-2H3,(H2,22,23,24). The molecule has 2 aromatic carbocycles. The van der Waals surface area contributed by atoms with Gasteiger partial charge in [-0.15, -0.1) is 11.8 Å². The highest BCUT2D eigenvalue weighted by Gasteiger charge is 2.06. The Hall–Kier alpha value is -2.38. The van der Waals surface area contributed by atoms with E-state index in [2.05, 4.69) is 39.9 Å². The monoisotopic (exact) mass is 403 g/mol. The molecule has 3 N–H and O–H groups in total. The summed E-state index contributed by atoms with van der Waals surface area (Å²) in [6.45, 7) is 4.40. The van der Waals surface area contributed by atoms with Crippen molar-refractivity contribution in [2.75, 3.05) is 39.2 Å². The number of rotatable bonds is 11. The van der Waals surface area contributed by atoms with Gasteiger partial charge in [-0.3, -0.25) is 0 Å². The Morgan fingerprint density at radius 1 is 1.11 bits per heavy atom. The van der Waals surface area contributed by atoms with Crippen LogP contribution >= 0.6 is 11.8 Å². The van der Waals surface area contributed by atoms with Crippen LogP contribution in [0.2, 0.25) is 0 Å². The Labute approximate surface area is 171 Å². The van der Waals surface area contributed by atoms with Gasteiger partial charge in [0.15, 0.2) is 17.5 Å².